The molecule has 0 saturated carbocycles. The summed E-state index contributed by atoms with van der Waals surface area (Å²) in [6, 6.07) is 7.26. The fraction of sp³-hybridized carbons (Fsp3) is 0.500. The molecule has 1 aromatic carbocycles. The van der Waals surface area contributed by atoms with Gasteiger partial charge in [-0.2, -0.15) is 0 Å². The monoisotopic (exact) mass is 298 g/mol. The van der Waals surface area contributed by atoms with Crippen LogP contribution in [0.3, 0.4) is 0 Å². The number of nitrogens with one attached hydrogen (secondary N) is 1. The van der Waals surface area contributed by atoms with Crippen LogP contribution >= 0.6 is 0 Å². The van der Waals surface area contributed by atoms with Gasteiger partial charge >= 0.3 is 0 Å². The molecule has 0 aliphatic heterocycles. The molecule has 3 N–H and O–H groups in total. The van der Waals surface area contributed by atoms with Gasteiger partial charge in [0.2, 0.25) is 5.91 Å². The molecule has 5 nitrogen and oxygen atoms in total. The van der Waals surface area contributed by atoms with Crippen LogP contribution in [0.5, 0.6) is 0 Å². The van der Waals surface area contributed by atoms with Gasteiger partial charge in [0.15, 0.2) is 9.84 Å². The molecule has 0 saturated heterocycles. The van der Waals surface area contributed by atoms with E-state index in [9.17, 15) is 13.2 Å². The van der Waals surface area contributed by atoms with Crippen molar-refractivity contribution < 1.29 is 13.2 Å². The predicted molar refractivity (Wildman–Crippen MR) is 81.5 cm³/mol. The van der Waals surface area contributed by atoms with Crippen LogP contribution in [0.15, 0.2) is 24.3 Å². The first kappa shape index (κ1) is 16.7. The van der Waals surface area contributed by atoms with Gasteiger partial charge in [-0.3, -0.25) is 4.79 Å². The third-order valence-electron chi connectivity index (χ3n) is 3.46. The summed E-state index contributed by atoms with van der Waals surface area (Å²) in [5.74, 6) is -0.529. The quantitative estimate of drug-likeness (QED) is 0.857. The van der Waals surface area contributed by atoms with E-state index in [1.165, 1.54) is 6.92 Å². The minimum absolute atomic E-state index is 0.136. The van der Waals surface area contributed by atoms with Gasteiger partial charge in [0.1, 0.15) is 5.25 Å². The van der Waals surface area contributed by atoms with E-state index in [2.05, 4.69) is 5.32 Å². The molecule has 0 radical (unpaired) electrons. The Labute approximate surface area is 120 Å². The van der Waals surface area contributed by atoms with Gasteiger partial charge in [-0.05, 0) is 24.6 Å². The largest absolute Gasteiger partial charge is 0.330 e. The fourth-order valence-electron chi connectivity index (χ4n) is 1.56. The van der Waals surface area contributed by atoms with Crippen molar-refractivity contribution in [1.82, 2.24) is 0 Å². The molecule has 20 heavy (non-hydrogen) atoms. The van der Waals surface area contributed by atoms with Crippen LogP contribution in [0.4, 0.5) is 5.69 Å². The Balaban J connectivity index is 2.84. The van der Waals surface area contributed by atoms with E-state index in [-0.39, 0.29) is 5.41 Å². The highest BCUT2D eigenvalue weighted by molar-refractivity contribution is 7.92. The third-order valence-corrected chi connectivity index (χ3v) is 4.95. The van der Waals surface area contributed by atoms with Gasteiger partial charge < -0.3 is 11.1 Å². The highest BCUT2D eigenvalue weighted by atomic mass is 32.2. The molecule has 1 unspecified atom stereocenters. The molecule has 0 bridgehead atoms. The Kier molecular flexibility index (Phi) is 4.94. The second kappa shape index (κ2) is 5.93. The standard InChI is InChI=1S/C14H22N2O3S/c1-10(20(4,18)19)13(17)16-12-7-5-11(6-8-12)14(2,3)9-15/h5-8,10H,9,15H2,1-4H3,(H,16,17). The summed E-state index contributed by atoms with van der Waals surface area (Å²) in [7, 11) is -3.39. The molecule has 0 aliphatic carbocycles. The zero-order valence-electron chi connectivity index (χ0n) is 12.3. The van der Waals surface area contributed by atoms with Crippen molar-refractivity contribution in [1.29, 1.82) is 0 Å². The highest BCUT2D eigenvalue weighted by Crippen LogP contribution is 2.23. The number of anilines is 1. The maximum Gasteiger partial charge on any atom is 0.242 e. The van der Waals surface area contributed by atoms with Gasteiger partial charge in [0.25, 0.3) is 0 Å². The van der Waals surface area contributed by atoms with E-state index in [0.717, 1.165) is 11.8 Å². The van der Waals surface area contributed by atoms with Crippen molar-refractivity contribution in [2.45, 2.75) is 31.4 Å². The Hall–Kier alpha value is -1.40. The molecule has 0 fully saturated rings. The number of hydrogen-bond acceptors (Lipinski definition) is 4. The van der Waals surface area contributed by atoms with Crippen LogP contribution in [0, 0.1) is 0 Å². The van der Waals surface area contributed by atoms with E-state index < -0.39 is 21.0 Å². The van der Waals surface area contributed by atoms with Crippen molar-refractivity contribution in [3.8, 4) is 0 Å². The topological polar surface area (TPSA) is 89.3 Å². The average molecular weight is 298 g/mol. The first-order valence-corrected chi connectivity index (χ1v) is 8.34. The van der Waals surface area contributed by atoms with E-state index in [1.807, 2.05) is 26.0 Å². The summed E-state index contributed by atoms with van der Waals surface area (Å²) in [4.78, 5) is 11.8. The van der Waals surface area contributed by atoms with Crippen LogP contribution in [-0.2, 0) is 20.0 Å². The summed E-state index contributed by atoms with van der Waals surface area (Å²) in [5, 5.41) is 1.53. The predicted octanol–water partition coefficient (Wildman–Crippen LogP) is 1.29. The molecule has 112 valence electrons. The van der Waals surface area contributed by atoms with Crippen LogP contribution in [0.1, 0.15) is 26.3 Å². The van der Waals surface area contributed by atoms with E-state index >= 15 is 0 Å². The summed E-state index contributed by atoms with van der Waals surface area (Å²) in [6.07, 6.45) is 1.05. The van der Waals surface area contributed by atoms with Crippen molar-refractivity contribution in [3.05, 3.63) is 29.8 Å². The molecule has 1 aromatic rings. The lowest BCUT2D eigenvalue weighted by Gasteiger charge is -2.23. The lowest BCUT2D eigenvalue weighted by atomic mass is 9.85. The Morgan fingerprint density at radius 3 is 2.20 bits per heavy atom. The van der Waals surface area contributed by atoms with E-state index in [0.29, 0.717) is 12.2 Å². The number of carbonyl (C=O) groups is 1. The van der Waals surface area contributed by atoms with E-state index in [4.69, 9.17) is 5.73 Å². The van der Waals surface area contributed by atoms with E-state index in [1.54, 1.807) is 12.1 Å². The molecule has 0 spiro atoms. The summed E-state index contributed by atoms with van der Waals surface area (Å²) in [6.45, 7) is 5.96. The molecule has 6 heteroatoms. The summed E-state index contributed by atoms with van der Waals surface area (Å²) in [5.41, 5.74) is 7.21. The lowest BCUT2D eigenvalue weighted by Crippen LogP contribution is -2.32. The average Bonchev–Trinajstić information content (AvgIpc) is 2.37. The Morgan fingerprint density at radius 1 is 1.30 bits per heavy atom. The van der Waals surface area contributed by atoms with Gasteiger partial charge in [0.05, 0.1) is 0 Å². The second-order valence-electron chi connectivity index (χ2n) is 5.63. The van der Waals surface area contributed by atoms with Gasteiger partial charge in [0, 0.05) is 23.9 Å². The van der Waals surface area contributed by atoms with Crippen LogP contribution in [0.2, 0.25) is 0 Å². The molecular formula is C14H22N2O3S. The Morgan fingerprint density at radius 2 is 1.80 bits per heavy atom. The second-order valence-corrected chi connectivity index (χ2v) is 7.99. The number of hydrogen-bond donors (Lipinski definition) is 2. The molecule has 1 atom stereocenters. The molecule has 0 aliphatic rings. The number of benzene rings is 1. The van der Waals surface area contributed by atoms with Crippen molar-refractivity contribution >= 4 is 21.4 Å². The van der Waals surface area contributed by atoms with Gasteiger partial charge in [-0.25, -0.2) is 8.42 Å². The zero-order valence-corrected chi connectivity index (χ0v) is 13.1. The van der Waals surface area contributed by atoms with Crippen LogP contribution in [-0.4, -0.2) is 32.4 Å². The Bertz CT molecular complexity index is 577. The van der Waals surface area contributed by atoms with Gasteiger partial charge in [-0.1, -0.05) is 26.0 Å². The fourth-order valence-corrected chi connectivity index (χ4v) is 2.01. The van der Waals surface area contributed by atoms with Crippen LogP contribution in [0.25, 0.3) is 0 Å². The third kappa shape index (κ3) is 4.05. The van der Waals surface area contributed by atoms with Crippen molar-refractivity contribution in [2.24, 2.45) is 5.73 Å². The molecule has 1 amide bonds. The van der Waals surface area contributed by atoms with Crippen molar-refractivity contribution in [2.75, 3.05) is 18.1 Å². The molecule has 0 heterocycles. The van der Waals surface area contributed by atoms with Crippen LogP contribution < -0.4 is 11.1 Å². The SMILES string of the molecule is CC(C(=O)Nc1ccc(C(C)(C)CN)cc1)S(C)(=O)=O. The number of sulfone groups is 1. The minimum Gasteiger partial charge on any atom is -0.330 e. The summed E-state index contributed by atoms with van der Waals surface area (Å²) < 4.78 is 22.6. The maximum absolute atomic E-state index is 11.8. The van der Waals surface area contributed by atoms with Crippen molar-refractivity contribution in [3.63, 3.8) is 0 Å². The normalized spacial score (nSPS) is 13.8. The number of rotatable bonds is 5. The first-order chi connectivity index (χ1) is 9.08. The molecule has 1 rings (SSSR count). The molecular weight excluding hydrogens is 276 g/mol. The maximum atomic E-state index is 11.8. The number of carbonyl (C=O) groups excluding carboxylic acids is 1. The highest BCUT2D eigenvalue weighted by Gasteiger charge is 2.24. The number of amides is 1. The first-order valence-electron chi connectivity index (χ1n) is 6.38. The molecule has 0 aromatic heterocycles. The lowest BCUT2D eigenvalue weighted by molar-refractivity contribution is -0.115. The zero-order chi connectivity index (χ0) is 15.6. The summed E-state index contributed by atoms with van der Waals surface area (Å²) >= 11 is 0. The smallest absolute Gasteiger partial charge is 0.242 e. The van der Waals surface area contributed by atoms with Gasteiger partial charge in [-0.15, -0.1) is 0 Å². The number of nitrogens with two attached hydrogens (primary N) is 1. The minimum atomic E-state index is -3.39.